The van der Waals surface area contributed by atoms with Gasteiger partial charge in [0.15, 0.2) is 0 Å². The first-order valence-corrected chi connectivity index (χ1v) is 4.13. The number of hydrogen-bond acceptors (Lipinski definition) is 2. The highest BCUT2D eigenvalue weighted by atomic mass is 14.8. The minimum Gasteiger partial charge on any atom is -0.260 e. The molecule has 0 aliphatic heterocycles. The molecule has 2 nitrogen and oxygen atoms in total. The third kappa shape index (κ3) is 3.86. The maximum Gasteiger partial charge on any atom is 0.0833 e. The zero-order chi connectivity index (χ0) is 9.40. The van der Waals surface area contributed by atoms with Crippen LogP contribution in [0.1, 0.15) is 27.2 Å². The van der Waals surface area contributed by atoms with Gasteiger partial charge in [0.2, 0.25) is 0 Å². The topological polar surface area (TPSA) is 24.7 Å². The van der Waals surface area contributed by atoms with Gasteiger partial charge >= 0.3 is 0 Å². The van der Waals surface area contributed by atoms with E-state index in [1.807, 2.05) is 33.1 Å². The van der Waals surface area contributed by atoms with Gasteiger partial charge in [-0.25, -0.2) is 0 Å². The first kappa shape index (κ1) is 10.8. The lowest BCUT2D eigenvalue weighted by Gasteiger charge is -1.97. The zero-order valence-electron chi connectivity index (χ0n) is 8.04. The number of allylic oxidation sites excluding steroid dienone is 1. The minimum atomic E-state index is 0.720. The maximum absolute atomic E-state index is 4.13. The molecule has 0 rings (SSSR count). The Kier molecular flexibility index (Phi) is 5.88. The number of hydrogen-bond donors (Lipinski definition) is 0. The standard InChI is InChI=1S/C10H16N2/c1-5-8-12-9(4)10(6-2)11-7-3/h6-8H,4-5H2,1-3H3/b10-6-,11-7?,12-8?. The normalized spacial score (nSPS) is 13.1. The average molecular weight is 164 g/mol. The van der Waals surface area contributed by atoms with Gasteiger partial charge in [-0.2, -0.15) is 0 Å². The molecule has 2 heteroatoms. The Hall–Kier alpha value is -1.18. The summed E-state index contributed by atoms with van der Waals surface area (Å²) in [7, 11) is 0. The smallest absolute Gasteiger partial charge is 0.0833 e. The second-order valence-corrected chi connectivity index (χ2v) is 2.23. The van der Waals surface area contributed by atoms with Crippen molar-refractivity contribution in [1.82, 2.24) is 0 Å². The van der Waals surface area contributed by atoms with Gasteiger partial charge in [0.25, 0.3) is 0 Å². The molecule has 12 heavy (non-hydrogen) atoms. The van der Waals surface area contributed by atoms with Crippen molar-refractivity contribution < 1.29 is 0 Å². The van der Waals surface area contributed by atoms with Crippen LogP contribution in [0, 0.1) is 0 Å². The quantitative estimate of drug-likeness (QED) is 0.451. The van der Waals surface area contributed by atoms with Crippen LogP contribution in [-0.2, 0) is 0 Å². The number of rotatable bonds is 4. The predicted octanol–water partition coefficient (Wildman–Crippen LogP) is 2.98. The Morgan fingerprint density at radius 1 is 1.33 bits per heavy atom. The van der Waals surface area contributed by atoms with E-state index < -0.39 is 0 Å². The molecule has 0 aliphatic carbocycles. The molecule has 0 atom stereocenters. The molecule has 0 N–H and O–H groups in total. The first-order valence-electron chi connectivity index (χ1n) is 4.13. The van der Waals surface area contributed by atoms with Crippen LogP contribution in [0.15, 0.2) is 34.0 Å². The molecule has 0 aliphatic rings. The van der Waals surface area contributed by atoms with Crippen LogP contribution in [0.5, 0.6) is 0 Å². The summed E-state index contributed by atoms with van der Waals surface area (Å²) in [5.74, 6) is 0. The molecule has 0 unspecified atom stereocenters. The summed E-state index contributed by atoms with van der Waals surface area (Å²) in [6, 6.07) is 0. The van der Waals surface area contributed by atoms with Crippen LogP contribution in [-0.4, -0.2) is 12.4 Å². The maximum atomic E-state index is 4.13. The Morgan fingerprint density at radius 2 is 2.00 bits per heavy atom. The van der Waals surface area contributed by atoms with Gasteiger partial charge in [-0.3, -0.25) is 9.98 Å². The molecule has 66 valence electrons. The van der Waals surface area contributed by atoms with E-state index in [4.69, 9.17) is 0 Å². The fourth-order valence-corrected chi connectivity index (χ4v) is 0.722. The van der Waals surface area contributed by atoms with Crippen molar-refractivity contribution in [2.24, 2.45) is 9.98 Å². The Labute approximate surface area is 74.4 Å². The number of aliphatic imine (C=N–C) groups is 2. The molecule has 0 radical (unpaired) electrons. The second-order valence-electron chi connectivity index (χ2n) is 2.23. The Balaban J connectivity index is 4.34. The van der Waals surface area contributed by atoms with Crippen molar-refractivity contribution in [3.8, 4) is 0 Å². The predicted molar refractivity (Wildman–Crippen MR) is 55.8 cm³/mol. The van der Waals surface area contributed by atoms with E-state index in [0.29, 0.717) is 0 Å². The van der Waals surface area contributed by atoms with E-state index >= 15 is 0 Å². The molecular formula is C10H16N2. The Morgan fingerprint density at radius 3 is 2.42 bits per heavy atom. The lowest BCUT2D eigenvalue weighted by molar-refractivity contribution is 1.22. The highest BCUT2D eigenvalue weighted by Crippen LogP contribution is 2.09. The third-order valence-electron chi connectivity index (χ3n) is 1.27. The monoisotopic (exact) mass is 164 g/mol. The van der Waals surface area contributed by atoms with Gasteiger partial charge in [-0.15, -0.1) is 0 Å². The highest BCUT2D eigenvalue weighted by Gasteiger charge is 1.93. The molecule has 0 amide bonds. The second kappa shape index (κ2) is 6.53. The van der Waals surface area contributed by atoms with E-state index in [9.17, 15) is 0 Å². The van der Waals surface area contributed by atoms with Crippen molar-refractivity contribution in [2.75, 3.05) is 0 Å². The first-order chi connectivity index (χ1) is 5.76. The molecule has 0 aromatic rings. The zero-order valence-corrected chi connectivity index (χ0v) is 8.04. The fourth-order valence-electron chi connectivity index (χ4n) is 0.722. The van der Waals surface area contributed by atoms with Gasteiger partial charge in [0.05, 0.1) is 11.4 Å². The van der Waals surface area contributed by atoms with Crippen molar-refractivity contribution in [3.63, 3.8) is 0 Å². The molecule has 0 aromatic carbocycles. The summed E-state index contributed by atoms with van der Waals surface area (Å²) in [4.78, 5) is 8.25. The van der Waals surface area contributed by atoms with Gasteiger partial charge in [0, 0.05) is 12.4 Å². The fraction of sp³-hybridized carbons (Fsp3) is 0.400. The third-order valence-corrected chi connectivity index (χ3v) is 1.27. The van der Waals surface area contributed by atoms with Crippen LogP contribution in [0.4, 0.5) is 0 Å². The largest absolute Gasteiger partial charge is 0.260 e. The summed E-state index contributed by atoms with van der Waals surface area (Å²) >= 11 is 0. The van der Waals surface area contributed by atoms with E-state index in [1.165, 1.54) is 0 Å². The summed E-state index contributed by atoms with van der Waals surface area (Å²) in [5, 5.41) is 0. The molecule has 0 bridgehead atoms. The van der Waals surface area contributed by atoms with E-state index in [2.05, 4.69) is 16.6 Å². The van der Waals surface area contributed by atoms with Crippen LogP contribution in [0.2, 0.25) is 0 Å². The van der Waals surface area contributed by atoms with Crippen molar-refractivity contribution in [1.29, 1.82) is 0 Å². The average Bonchev–Trinajstić information content (AvgIpc) is 2.10. The van der Waals surface area contributed by atoms with Crippen LogP contribution >= 0.6 is 0 Å². The Bertz CT molecular complexity index is 222. The summed E-state index contributed by atoms with van der Waals surface area (Å²) in [6.45, 7) is 9.64. The van der Waals surface area contributed by atoms with E-state index in [0.717, 1.165) is 17.8 Å². The molecule has 0 saturated carbocycles. The molecule has 0 saturated heterocycles. The lowest BCUT2D eigenvalue weighted by atomic mass is 10.3. The molecule has 0 spiro atoms. The van der Waals surface area contributed by atoms with Crippen LogP contribution in [0.25, 0.3) is 0 Å². The minimum absolute atomic E-state index is 0.720. The number of nitrogens with zero attached hydrogens (tertiary/aromatic N) is 2. The molecule has 0 heterocycles. The van der Waals surface area contributed by atoms with Gasteiger partial charge in [-0.1, -0.05) is 19.6 Å². The van der Waals surface area contributed by atoms with E-state index in [1.54, 1.807) is 6.21 Å². The highest BCUT2D eigenvalue weighted by molar-refractivity contribution is 5.61. The van der Waals surface area contributed by atoms with E-state index in [-0.39, 0.29) is 0 Å². The van der Waals surface area contributed by atoms with Crippen LogP contribution in [0.3, 0.4) is 0 Å². The SMILES string of the molecule is C=C(N=CCC)/C(=C/C)N=CC. The van der Waals surface area contributed by atoms with Crippen molar-refractivity contribution in [3.05, 3.63) is 24.0 Å². The van der Waals surface area contributed by atoms with Crippen LogP contribution < -0.4 is 0 Å². The summed E-state index contributed by atoms with van der Waals surface area (Å²) in [5.41, 5.74) is 1.56. The van der Waals surface area contributed by atoms with Crippen molar-refractivity contribution in [2.45, 2.75) is 27.2 Å². The van der Waals surface area contributed by atoms with Gasteiger partial charge in [0.1, 0.15) is 0 Å². The van der Waals surface area contributed by atoms with Crippen molar-refractivity contribution >= 4 is 12.4 Å². The molecule has 0 fully saturated rings. The molecule has 0 aromatic heterocycles. The summed E-state index contributed by atoms with van der Waals surface area (Å²) < 4.78 is 0. The lowest BCUT2D eigenvalue weighted by Crippen LogP contribution is -1.82. The van der Waals surface area contributed by atoms with Gasteiger partial charge in [-0.05, 0) is 20.3 Å². The molecular weight excluding hydrogens is 148 g/mol. The van der Waals surface area contributed by atoms with Gasteiger partial charge < -0.3 is 0 Å². The summed E-state index contributed by atoms with van der Waals surface area (Å²) in [6.07, 6.45) is 6.39.